The Kier molecular flexibility index (Phi) is 10.3. The summed E-state index contributed by atoms with van der Waals surface area (Å²) in [7, 11) is 1.63. The fourth-order valence-electron chi connectivity index (χ4n) is 3.30. The van der Waals surface area contributed by atoms with Gasteiger partial charge in [-0.1, -0.05) is 23.8 Å². The van der Waals surface area contributed by atoms with Crippen molar-refractivity contribution in [2.45, 2.75) is 19.1 Å². The molecular formula is C22H34N2O5. The van der Waals surface area contributed by atoms with Crippen molar-refractivity contribution in [3.05, 3.63) is 48.0 Å². The van der Waals surface area contributed by atoms with Crippen molar-refractivity contribution in [1.82, 2.24) is 9.80 Å². The molecule has 0 spiro atoms. The number of morpholine rings is 1. The second-order valence-corrected chi connectivity index (χ2v) is 7.34. The summed E-state index contributed by atoms with van der Waals surface area (Å²) in [6, 6.07) is 7.59. The third-order valence-electron chi connectivity index (χ3n) is 4.81. The smallest absolute Gasteiger partial charge is 0.254 e. The van der Waals surface area contributed by atoms with Crippen LogP contribution in [0.15, 0.2) is 36.9 Å². The summed E-state index contributed by atoms with van der Waals surface area (Å²) in [5, 5.41) is 10.1. The summed E-state index contributed by atoms with van der Waals surface area (Å²) in [4.78, 5) is 16.9. The van der Waals surface area contributed by atoms with E-state index in [0.717, 1.165) is 12.1 Å². The molecule has 162 valence electrons. The largest absolute Gasteiger partial charge is 0.389 e. The van der Waals surface area contributed by atoms with Gasteiger partial charge in [-0.15, -0.1) is 6.58 Å². The number of carbonyl (C=O) groups is 1. The van der Waals surface area contributed by atoms with Gasteiger partial charge in [0, 0.05) is 45.4 Å². The fourth-order valence-corrected chi connectivity index (χ4v) is 3.30. The number of benzene rings is 1. The monoisotopic (exact) mass is 406 g/mol. The van der Waals surface area contributed by atoms with E-state index >= 15 is 0 Å². The van der Waals surface area contributed by atoms with Gasteiger partial charge in [-0.05, 0) is 19.1 Å². The zero-order valence-corrected chi connectivity index (χ0v) is 17.6. The standard InChI is InChI=1S/C22H34N2O5/c1-4-11-28-17-20(25)14-23-9-13-29-21(15-23)16-24(10-12-27-3)22(26)19-7-5-18(2)6-8-19/h4-8,20-21,25H,1,9-17H2,2-3H3/t20-,21-/m0/s1. The number of amides is 1. The van der Waals surface area contributed by atoms with Crippen molar-refractivity contribution in [1.29, 1.82) is 0 Å². The molecule has 1 aliphatic rings. The minimum absolute atomic E-state index is 0.0272. The van der Waals surface area contributed by atoms with Crippen LogP contribution in [0.25, 0.3) is 0 Å². The van der Waals surface area contributed by atoms with E-state index in [0.29, 0.717) is 51.6 Å². The molecule has 1 N–H and O–H groups in total. The Morgan fingerprint density at radius 3 is 2.90 bits per heavy atom. The number of carbonyl (C=O) groups excluding carboxylic acids is 1. The molecule has 1 aromatic carbocycles. The number of aliphatic hydroxyl groups excluding tert-OH is 1. The van der Waals surface area contributed by atoms with Crippen LogP contribution in [-0.2, 0) is 14.2 Å². The number of hydrogen-bond acceptors (Lipinski definition) is 6. The van der Waals surface area contributed by atoms with E-state index in [1.165, 1.54) is 0 Å². The second-order valence-electron chi connectivity index (χ2n) is 7.34. The van der Waals surface area contributed by atoms with Gasteiger partial charge in [0.05, 0.1) is 38.6 Å². The van der Waals surface area contributed by atoms with E-state index in [1.807, 2.05) is 31.2 Å². The first-order chi connectivity index (χ1) is 14.0. The van der Waals surface area contributed by atoms with E-state index in [-0.39, 0.29) is 18.6 Å². The van der Waals surface area contributed by atoms with Crippen LogP contribution in [0, 0.1) is 6.92 Å². The minimum Gasteiger partial charge on any atom is -0.389 e. The minimum atomic E-state index is -0.563. The van der Waals surface area contributed by atoms with Crippen LogP contribution in [0.2, 0.25) is 0 Å². The number of rotatable bonds is 12. The summed E-state index contributed by atoms with van der Waals surface area (Å²) < 4.78 is 16.4. The van der Waals surface area contributed by atoms with Gasteiger partial charge in [-0.2, -0.15) is 0 Å². The number of ether oxygens (including phenoxy) is 3. The first-order valence-electron chi connectivity index (χ1n) is 10.1. The normalized spacial score (nSPS) is 18.4. The SMILES string of the molecule is C=CCOC[C@@H](O)CN1CCO[C@H](CN(CCOC)C(=O)c2ccc(C)cc2)C1. The quantitative estimate of drug-likeness (QED) is 0.417. The molecule has 0 aliphatic carbocycles. The molecule has 1 fully saturated rings. The number of hydrogen-bond donors (Lipinski definition) is 1. The Balaban J connectivity index is 1.92. The van der Waals surface area contributed by atoms with Crippen molar-refractivity contribution < 1.29 is 24.1 Å². The highest BCUT2D eigenvalue weighted by Gasteiger charge is 2.26. The van der Waals surface area contributed by atoms with E-state index in [1.54, 1.807) is 18.1 Å². The molecular weight excluding hydrogens is 372 g/mol. The predicted molar refractivity (Wildman–Crippen MR) is 112 cm³/mol. The van der Waals surface area contributed by atoms with Crippen LogP contribution in [0.1, 0.15) is 15.9 Å². The lowest BCUT2D eigenvalue weighted by atomic mass is 10.1. The molecule has 0 unspecified atom stereocenters. The topological polar surface area (TPSA) is 71.5 Å². The summed E-state index contributed by atoms with van der Waals surface area (Å²) in [5.41, 5.74) is 1.78. The van der Waals surface area contributed by atoms with Crippen LogP contribution >= 0.6 is 0 Å². The maximum atomic E-state index is 13.0. The molecule has 2 rings (SSSR count). The van der Waals surface area contributed by atoms with Gasteiger partial charge in [0.25, 0.3) is 5.91 Å². The van der Waals surface area contributed by atoms with Gasteiger partial charge < -0.3 is 24.2 Å². The highest BCUT2D eigenvalue weighted by atomic mass is 16.5. The number of methoxy groups -OCH3 is 1. The molecule has 1 amide bonds. The summed E-state index contributed by atoms with van der Waals surface area (Å²) in [5.74, 6) is -0.0272. The predicted octanol–water partition coefficient (Wildman–Crippen LogP) is 1.35. The number of β-amino-alcohol motifs (C(OH)–C–C–N with tert-alkyl or cyclic N) is 1. The Morgan fingerprint density at radius 2 is 2.21 bits per heavy atom. The molecule has 0 saturated carbocycles. The van der Waals surface area contributed by atoms with Crippen molar-refractivity contribution >= 4 is 5.91 Å². The van der Waals surface area contributed by atoms with Crippen LogP contribution < -0.4 is 0 Å². The zero-order chi connectivity index (χ0) is 21.1. The lowest BCUT2D eigenvalue weighted by molar-refractivity contribution is -0.0585. The van der Waals surface area contributed by atoms with E-state index in [9.17, 15) is 9.90 Å². The average molecular weight is 407 g/mol. The lowest BCUT2D eigenvalue weighted by Crippen LogP contribution is -2.51. The number of nitrogens with zero attached hydrogens (tertiary/aromatic N) is 2. The molecule has 29 heavy (non-hydrogen) atoms. The van der Waals surface area contributed by atoms with Gasteiger partial charge in [0.2, 0.25) is 0 Å². The lowest BCUT2D eigenvalue weighted by Gasteiger charge is -2.36. The summed E-state index contributed by atoms with van der Waals surface area (Å²) in [6.07, 6.45) is 0.987. The third-order valence-corrected chi connectivity index (χ3v) is 4.81. The molecule has 0 bridgehead atoms. The van der Waals surface area contributed by atoms with E-state index < -0.39 is 6.10 Å². The molecule has 2 atom stereocenters. The van der Waals surface area contributed by atoms with Gasteiger partial charge >= 0.3 is 0 Å². The Morgan fingerprint density at radius 1 is 1.45 bits per heavy atom. The van der Waals surface area contributed by atoms with Crippen LogP contribution in [-0.4, -0.2) is 99.3 Å². The Bertz CT molecular complexity index is 622. The van der Waals surface area contributed by atoms with Gasteiger partial charge in [-0.25, -0.2) is 0 Å². The summed E-state index contributed by atoms with van der Waals surface area (Å²) in [6.45, 7) is 10.2. The van der Waals surface area contributed by atoms with Crippen LogP contribution in [0.4, 0.5) is 0 Å². The molecule has 0 radical (unpaired) electrons. The highest BCUT2D eigenvalue weighted by molar-refractivity contribution is 5.94. The van der Waals surface area contributed by atoms with Gasteiger partial charge in [0.1, 0.15) is 0 Å². The molecule has 1 saturated heterocycles. The molecule has 7 heteroatoms. The first kappa shape index (κ1) is 23.5. The van der Waals surface area contributed by atoms with Crippen LogP contribution in [0.5, 0.6) is 0 Å². The number of aryl methyl sites for hydroxylation is 1. The fraction of sp³-hybridized carbons (Fsp3) is 0.591. The average Bonchev–Trinajstić information content (AvgIpc) is 2.71. The Labute approximate surface area is 173 Å². The van der Waals surface area contributed by atoms with E-state index in [4.69, 9.17) is 14.2 Å². The second kappa shape index (κ2) is 12.7. The van der Waals surface area contributed by atoms with Crippen LogP contribution in [0.3, 0.4) is 0 Å². The third kappa shape index (κ3) is 8.24. The molecule has 1 heterocycles. The van der Waals surface area contributed by atoms with Crippen molar-refractivity contribution in [3.8, 4) is 0 Å². The van der Waals surface area contributed by atoms with Crippen molar-refractivity contribution in [2.75, 3.05) is 66.3 Å². The molecule has 1 aliphatic heterocycles. The molecule has 7 nitrogen and oxygen atoms in total. The van der Waals surface area contributed by atoms with Crippen molar-refractivity contribution in [3.63, 3.8) is 0 Å². The molecule has 1 aromatic rings. The van der Waals surface area contributed by atoms with Crippen molar-refractivity contribution in [2.24, 2.45) is 0 Å². The first-order valence-corrected chi connectivity index (χ1v) is 10.1. The highest BCUT2D eigenvalue weighted by Crippen LogP contribution is 2.12. The molecule has 0 aromatic heterocycles. The maximum absolute atomic E-state index is 13.0. The Hall–Kier alpha value is -1.77. The van der Waals surface area contributed by atoms with E-state index in [2.05, 4.69) is 11.5 Å². The summed E-state index contributed by atoms with van der Waals surface area (Å²) >= 11 is 0. The zero-order valence-electron chi connectivity index (χ0n) is 17.6. The maximum Gasteiger partial charge on any atom is 0.254 e. The van der Waals surface area contributed by atoms with Gasteiger partial charge in [0.15, 0.2) is 0 Å². The van der Waals surface area contributed by atoms with Gasteiger partial charge in [-0.3, -0.25) is 9.69 Å². The number of aliphatic hydroxyl groups is 1.